The van der Waals surface area contributed by atoms with Crippen LogP contribution in [0.2, 0.25) is 0 Å². The van der Waals surface area contributed by atoms with Crippen LogP contribution in [0.25, 0.3) is 0 Å². The Morgan fingerprint density at radius 3 is 2.76 bits per heavy atom. The first-order valence-corrected chi connectivity index (χ1v) is 9.03. The van der Waals surface area contributed by atoms with Gasteiger partial charge in [0.1, 0.15) is 10.7 Å². The molecule has 0 spiro atoms. The first kappa shape index (κ1) is 16.9. The summed E-state index contributed by atoms with van der Waals surface area (Å²) in [5.74, 6) is 0.568. The number of nitrogens with zero attached hydrogens (tertiary/aromatic N) is 1. The fraction of sp³-hybridized carbons (Fsp3) is 0.667. The number of rotatable bonds is 7. The SMILES string of the molecule is CNCc1cc(S(=O)(=O)NCCN2CCOCC2)c(Br)o1. The van der Waals surface area contributed by atoms with Gasteiger partial charge in [-0.2, -0.15) is 0 Å². The normalized spacial score (nSPS) is 17.2. The Labute approximate surface area is 133 Å². The quantitative estimate of drug-likeness (QED) is 0.709. The van der Waals surface area contributed by atoms with Crippen molar-refractivity contribution in [2.75, 3.05) is 46.4 Å². The first-order valence-electron chi connectivity index (χ1n) is 6.75. The lowest BCUT2D eigenvalue weighted by Gasteiger charge is -2.26. The zero-order chi connectivity index (χ0) is 15.3. The summed E-state index contributed by atoms with van der Waals surface area (Å²) in [6.45, 7) is 4.58. The molecule has 0 aromatic carbocycles. The van der Waals surface area contributed by atoms with Crippen LogP contribution in [-0.2, 0) is 21.3 Å². The van der Waals surface area contributed by atoms with Gasteiger partial charge in [-0.1, -0.05) is 0 Å². The van der Waals surface area contributed by atoms with Crippen molar-refractivity contribution in [1.29, 1.82) is 0 Å². The number of nitrogens with one attached hydrogen (secondary N) is 2. The number of sulfonamides is 1. The lowest BCUT2D eigenvalue weighted by atomic mass is 10.4. The molecule has 120 valence electrons. The third kappa shape index (κ3) is 4.76. The summed E-state index contributed by atoms with van der Waals surface area (Å²) in [6, 6.07) is 1.53. The smallest absolute Gasteiger partial charge is 0.245 e. The third-order valence-corrected chi connectivity index (χ3v) is 5.49. The Balaban J connectivity index is 1.91. The predicted molar refractivity (Wildman–Crippen MR) is 81.6 cm³/mol. The Morgan fingerprint density at radius 1 is 1.38 bits per heavy atom. The summed E-state index contributed by atoms with van der Waals surface area (Å²) in [5, 5.41) is 2.91. The monoisotopic (exact) mass is 381 g/mol. The minimum atomic E-state index is -3.57. The van der Waals surface area contributed by atoms with Gasteiger partial charge in [-0.3, -0.25) is 4.90 Å². The van der Waals surface area contributed by atoms with E-state index in [1.54, 1.807) is 7.05 Å². The largest absolute Gasteiger partial charge is 0.452 e. The lowest BCUT2D eigenvalue weighted by Crippen LogP contribution is -2.41. The zero-order valence-corrected chi connectivity index (χ0v) is 14.3. The number of ether oxygens (including phenoxy) is 1. The van der Waals surface area contributed by atoms with Crippen LogP contribution in [0, 0.1) is 0 Å². The van der Waals surface area contributed by atoms with Gasteiger partial charge in [-0.05, 0) is 23.0 Å². The second-order valence-electron chi connectivity index (χ2n) is 4.73. The Bertz CT molecular complexity index is 555. The molecule has 7 nitrogen and oxygen atoms in total. The molecule has 0 saturated carbocycles. The minimum absolute atomic E-state index is 0.134. The van der Waals surface area contributed by atoms with Crippen molar-refractivity contribution in [2.45, 2.75) is 11.4 Å². The van der Waals surface area contributed by atoms with Crippen LogP contribution in [0.1, 0.15) is 5.76 Å². The van der Waals surface area contributed by atoms with E-state index in [4.69, 9.17) is 9.15 Å². The molecule has 1 aromatic rings. The van der Waals surface area contributed by atoms with E-state index in [2.05, 4.69) is 30.9 Å². The van der Waals surface area contributed by atoms with Crippen molar-refractivity contribution >= 4 is 26.0 Å². The topological polar surface area (TPSA) is 83.8 Å². The molecule has 0 amide bonds. The van der Waals surface area contributed by atoms with Gasteiger partial charge in [0.25, 0.3) is 0 Å². The molecule has 21 heavy (non-hydrogen) atoms. The number of hydrogen-bond acceptors (Lipinski definition) is 6. The van der Waals surface area contributed by atoms with Crippen LogP contribution < -0.4 is 10.0 Å². The van der Waals surface area contributed by atoms with Crippen molar-refractivity contribution in [3.8, 4) is 0 Å². The van der Waals surface area contributed by atoms with Crippen molar-refractivity contribution < 1.29 is 17.6 Å². The lowest BCUT2D eigenvalue weighted by molar-refractivity contribution is 0.0390. The van der Waals surface area contributed by atoms with Gasteiger partial charge in [0.2, 0.25) is 10.0 Å². The van der Waals surface area contributed by atoms with E-state index in [9.17, 15) is 8.42 Å². The molecular formula is C12H20BrN3O4S. The molecule has 9 heteroatoms. The van der Waals surface area contributed by atoms with Crippen molar-refractivity contribution in [1.82, 2.24) is 14.9 Å². The summed E-state index contributed by atoms with van der Waals surface area (Å²) in [4.78, 5) is 2.30. The van der Waals surface area contributed by atoms with E-state index < -0.39 is 10.0 Å². The summed E-state index contributed by atoms with van der Waals surface area (Å²) in [5.41, 5.74) is 0. The van der Waals surface area contributed by atoms with Gasteiger partial charge in [0.15, 0.2) is 4.67 Å². The van der Waals surface area contributed by atoms with E-state index in [1.807, 2.05) is 0 Å². The minimum Gasteiger partial charge on any atom is -0.452 e. The Kier molecular flexibility index (Phi) is 6.20. The second-order valence-corrected chi connectivity index (χ2v) is 7.19. The molecule has 2 N–H and O–H groups in total. The van der Waals surface area contributed by atoms with Crippen LogP contribution in [-0.4, -0.2) is 59.8 Å². The van der Waals surface area contributed by atoms with Crippen molar-refractivity contribution in [3.63, 3.8) is 0 Å². The average molecular weight is 382 g/mol. The van der Waals surface area contributed by atoms with Gasteiger partial charge < -0.3 is 14.5 Å². The molecule has 1 aliphatic rings. The van der Waals surface area contributed by atoms with Crippen LogP contribution in [0.4, 0.5) is 0 Å². The number of hydrogen-bond donors (Lipinski definition) is 2. The molecule has 2 heterocycles. The van der Waals surface area contributed by atoms with E-state index in [1.165, 1.54) is 6.07 Å². The molecule has 1 saturated heterocycles. The Morgan fingerprint density at radius 2 is 2.10 bits per heavy atom. The van der Waals surface area contributed by atoms with Gasteiger partial charge >= 0.3 is 0 Å². The highest BCUT2D eigenvalue weighted by atomic mass is 79.9. The van der Waals surface area contributed by atoms with Crippen LogP contribution in [0.3, 0.4) is 0 Å². The van der Waals surface area contributed by atoms with Crippen LogP contribution >= 0.6 is 15.9 Å². The maximum atomic E-state index is 12.2. The summed E-state index contributed by atoms with van der Waals surface area (Å²) < 4.78 is 37.9. The van der Waals surface area contributed by atoms with E-state index >= 15 is 0 Å². The molecule has 1 aliphatic heterocycles. The molecular weight excluding hydrogens is 362 g/mol. The maximum Gasteiger partial charge on any atom is 0.245 e. The van der Waals surface area contributed by atoms with Crippen LogP contribution in [0.15, 0.2) is 20.0 Å². The Hall–Kier alpha value is -0.450. The van der Waals surface area contributed by atoms with Crippen molar-refractivity contribution in [2.24, 2.45) is 0 Å². The fourth-order valence-electron chi connectivity index (χ4n) is 2.08. The van der Waals surface area contributed by atoms with E-state index in [0.29, 0.717) is 38.6 Å². The molecule has 0 aliphatic carbocycles. The number of halogens is 1. The van der Waals surface area contributed by atoms with Gasteiger partial charge in [0.05, 0.1) is 19.8 Å². The highest BCUT2D eigenvalue weighted by molar-refractivity contribution is 9.10. The average Bonchev–Trinajstić information content (AvgIpc) is 2.82. The molecule has 0 bridgehead atoms. The fourth-order valence-corrected chi connectivity index (χ4v) is 4.10. The van der Waals surface area contributed by atoms with Gasteiger partial charge in [-0.15, -0.1) is 0 Å². The molecule has 1 aromatic heterocycles. The summed E-state index contributed by atoms with van der Waals surface area (Å²) >= 11 is 3.15. The number of furan rings is 1. The highest BCUT2D eigenvalue weighted by Gasteiger charge is 2.22. The van der Waals surface area contributed by atoms with Gasteiger partial charge in [-0.25, -0.2) is 13.1 Å². The van der Waals surface area contributed by atoms with Gasteiger partial charge in [0, 0.05) is 32.2 Å². The standard InChI is InChI=1S/C12H20BrN3O4S/c1-14-9-10-8-11(12(13)20-10)21(17,18)15-2-3-16-4-6-19-7-5-16/h8,14-15H,2-7,9H2,1H3. The third-order valence-electron chi connectivity index (χ3n) is 3.17. The van der Waals surface area contributed by atoms with E-state index in [-0.39, 0.29) is 9.56 Å². The molecule has 1 fully saturated rings. The predicted octanol–water partition coefficient (Wildman–Crippen LogP) is 0.372. The second kappa shape index (κ2) is 7.70. The zero-order valence-electron chi connectivity index (χ0n) is 11.9. The van der Waals surface area contributed by atoms with Crippen LogP contribution in [0.5, 0.6) is 0 Å². The summed E-state index contributed by atoms with van der Waals surface area (Å²) in [6.07, 6.45) is 0. The molecule has 0 radical (unpaired) electrons. The van der Waals surface area contributed by atoms with Crippen molar-refractivity contribution in [3.05, 3.63) is 16.5 Å². The first-order chi connectivity index (χ1) is 10.0. The highest BCUT2D eigenvalue weighted by Crippen LogP contribution is 2.25. The molecule has 0 atom stereocenters. The molecule has 2 rings (SSSR count). The van der Waals surface area contributed by atoms with E-state index in [0.717, 1.165) is 13.1 Å². The number of morpholine rings is 1. The maximum absolute atomic E-state index is 12.2. The summed E-state index contributed by atoms with van der Waals surface area (Å²) in [7, 11) is -1.80. The molecule has 0 unspecified atom stereocenters.